The van der Waals surface area contributed by atoms with Crippen LogP contribution in [-0.4, -0.2) is 23.9 Å². The lowest BCUT2D eigenvalue weighted by Gasteiger charge is -2.18. The molecule has 0 saturated heterocycles. The van der Waals surface area contributed by atoms with E-state index in [2.05, 4.69) is 30.4 Å². The maximum atomic E-state index is 12.9. The summed E-state index contributed by atoms with van der Waals surface area (Å²) in [5.41, 5.74) is -1.69. The largest absolute Gasteiger partial charge is 0.573 e. The van der Waals surface area contributed by atoms with Crippen LogP contribution in [0.15, 0.2) is 6.20 Å². The highest BCUT2D eigenvalue weighted by molar-refractivity contribution is 9.08. The van der Waals surface area contributed by atoms with Gasteiger partial charge in [-0.15, -0.1) is 13.2 Å². The number of hydrogen-bond acceptors (Lipinski definition) is 4. The van der Waals surface area contributed by atoms with Crippen LogP contribution in [0.3, 0.4) is 0 Å². The summed E-state index contributed by atoms with van der Waals surface area (Å²) >= 11 is 2.92. The zero-order valence-electron chi connectivity index (χ0n) is 11.2. The molecule has 0 aliphatic rings. The van der Waals surface area contributed by atoms with Gasteiger partial charge in [-0.1, -0.05) is 15.9 Å². The fraction of sp³-hybridized carbons (Fsp3) is 0.500. The lowest BCUT2D eigenvalue weighted by Crippen LogP contribution is -2.21. The average Bonchev–Trinajstić information content (AvgIpc) is 2.38. The Kier molecular flexibility index (Phi) is 6.51. The monoisotopic (exact) mass is 391 g/mol. The molecule has 1 heterocycles. The number of esters is 1. The molecule has 0 spiro atoms. The fourth-order valence-electron chi connectivity index (χ4n) is 1.65. The maximum absolute atomic E-state index is 12.9. The van der Waals surface area contributed by atoms with Crippen LogP contribution < -0.4 is 4.74 Å². The summed E-state index contributed by atoms with van der Waals surface area (Å²) in [6, 6.07) is 0. The smallest absolute Gasteiger partial charge is 0.466 e. The Morgan fingerprint density at radius 2 is 2.05 bits per heavy atom. The zero-order valence-corrected chi connectivity index (χ0v) is 12.8. The minimum absolute atomic E-state index is 0.0378. The van der Waals surface area contributed by atoms with Crippen molar-refractivity contribution in [1.29, 1.82) is 0 Å². The molecule has 22 heavy (non-hydrogen) atoms. The van der Waals surface area contributed by atoms with Crippen molar-refractivity contribution >= 4 is 21.9 Å². The number of nitrogens with zero attached hydrogens (tertiary/aromatic N) is 1. The predicted octanol–water partition coefficient (Wildman–Crippen LogP) is 3.92. The van der Waals surface area contributed by atoms with Crippen LogP contribution >= 0.6 is 15.9 Å². The van der Waals surface area contributed by atoms with E-state index in [1.807, 2.05) is 0 Å². The minimum Gasteiger partial charge on any atom is -0.466 e. The first kappa shape index (κ1) is 18.6. The highest BCUT2D eigenvalue weighted by Crippen LogP contribution is 2.36. The van der Waals surface area contributed by atoms with Gasteiger partial charge in [0, 0.05) is 22.7 Å². The Morgan fingerprint density at radius 3 is 2.50 bits per heavy atom. The molecule has 0 N–H and O–H groups in total. The van der Waals surface area contributed by atoms with E-state index >= 15 is 0 Å². The van der Waals surface area contributed by atoms with E-state index in [-0.39, 0.29) is 17.5 Å². The molecule has 10 heteroatoms. The van der Waals surface area contributed by atoms with Gasteiger partial charge in [-0.25, -0.2) is 8.78 Å². The van der Waals surface area contributed by atoms with Gasteiger partial charge in [0.25, 0.3) is 6.43 Å². The molecule has 0 aromatic carbocycles. The van der Waals surface area contributed by atoms with Crippen LogP contribution in [0.5, 0.6) is 5.75 Å². The molecular weight excluding hydrogens is 381 g/mol. The molecule has 0 fully saturated rings. The standard InChI is InChI=1S/C12H11BrF5NO3/c1-2-21-8(20)3-7-9(11(14)15)19-5-6(4-13)10(7)22-12(16,17)18/h5,11H,2-4H2,1H3. The molecule has 4 nitrogen and oxygen atoms in total. The first-order valence-electron chi connectivity index (χ1n) is 5.95. The van der Waals surface area contributed by atoms with Crippen molar-refractivity contribution in [2.75, 3.05) is 6.61 Å². The van der Waals surface area contributed by atoms with Gasteiger partial charge in [-0.3, -0.25) is 9.78 Å². The lowest BCUT2D eigenvalue weighted by atomic mass is 10.1. The summed E-state index contributed by atoms with van der Waals surface area (Å²) in [6.45, 7) is 1.44. The van der Waals surface area contributed by atoms with Gasteiger partial charge in [0.2, 0.25) is 0 Å². The highest BCUT2D eigenvalue weighted by atomic mass is 79.9. The van der Waals surface area contributed by atoms with Gasteiger partial charge in [-0.2, -0.15) is 0 Å². The molecule has 0 atom stereocenters. The van der Waals surface area contributed by atoms with Crippen molar-refractivity contribution in [3.8, 4) is 5.75 Å². The predicted molar refractivity (Wildman–Crippen MR) is 68.8 cm³/mol. The molecule has 0 radical (unpaired) electrons. The van der Waals surface area contributed by atoms with Gasteiger partial charge < -0.3 is 9.47 Å². The number of ether oxygens (including phenoxy) is 2. The van der Waals surface area contributed by atoms with Crippen LogP contribution in [0.1, 0.15) is 30.2 Å². The van der Waals surface area contributed by atoms with Crippen molar-refractivity contribution in [2.24, 2.45) is 0 Å². The van der Waals surface area contributed by atoms with E-state index in [1.165, 1.54) is 6.92 Å². The molecule has 0 saturated carbocycles. The fourth-order valence-corrected chi connectivity index (χ4v) is 2.05. The van der Waals surface area contributed by atoms with E-state index in [1.54, 1.807) is 0 Å². The van der Waals surface area contributed by atoms with Crippen molar-refractivity contribution in [3.05, 3.63) is 23.0 Å². The summed E-state index contributed by atoms with van der Waals surface area (Å²) < 4.78 is 71.8. The van der Waals surface area contributed by atoms with Crippen molar-refractivity contribution < 1.29 is 36.2 Å². The molecule has 0 aliphatic carbocycles. The second kappa shape index (κ2) is 7.70. The van der Waals surface area contributed by atoms with Gasteiger partial charge in [0.15, 0.2) is 0 Å². The quantitative estimate of drug-likeness (QED) is 0.419. The Balaban J connectivity index is 3.39. The summed E-state index contributed by atoms with van der Waals surface area (Å²) in [5, 5.41) is -0.120. The van der Waals surface area contributed by atoms with E-state index in [9.17, 15) is 26.7 Å². The maximum Gasteiger partial charge on any atom is 0.573 e. The van der Waals surface area contributed by atoms with Gasteiger partial charge in [0.1, 0.15) is 11.4 Å². The van der Waals surface area contributed by atoms with Gasteiger partial charge in [-0.05, 0) is 6.92 Å². The number of alkyl halides is 6. The molecule has 0 bridgehead atoms. The number of carbonyl (C=O) groups excluding carboxylic acids is 1. The van der Waals surface area contributed by atoms with E-state index in [4.69, 9.17) is 0 Å². The van der Waals surface area contributed by atoms with Crippen molar-refractivity contribution in [3.63, 3.8) is 0 Å². The third kappa shape index (κ3) is 5.08. The van der Waals surface area contributed by atoms with Crippen LogP contribution in [0.2, 0.25) is 0 Å². The second-order valence-electron chi connectivity index (χ2n) is 3.94. The number of hydrogen-bond donors (Lipinski definition) is 0. The van der Waals surface area contributed by atoms with Crippen LogP contribution in [0.25, 0.3) is 0 Å². The first-order valence-corrected chi connectivity index (χ1v) is 7.07. The van der Waals surface area contributed by atoms with Gasteiger partial charge >= 0.3 is 12.3 Å². The number of halogens is 6. The number of rotatable bonds is 6. The van der Waals surface area contributed by atoms with E-state index < -0.39 is 42.2 Å². The summed E-state index contributed by atoms with van der Waals surface area (Å²) in [6.07, 6.45) is -8.22. The average molecular weight is 392 g/mol. The van der Waals surface area contributed by atoms with Crippen LogP contribution in [-0.2, 0) is 21.3 Å². The summed E-state index contributed by atoms with van der Waals surface area (Å²) in [7, 11) is 0. The summed E-state index contributed by atoms with van der Waals surface area (Å²) in [5.74, 6) is -1.81. The van der Waals surface area contributed by atoms with E-state index in [0.29, 0.717) is 0 Å². The molecule has 1 aromatic heterocycles. The molecule has 0 aliphatic heterocycles. The van der Waals surface area contributed by atoms with E-state index in [0.717, 1.165) is 6.20 Å². The first-order chi connectivity index (χ1) is 10.2. The normalized spacial score (nSPS) is 11.6. The highest BCUT2D eigenvalue weighted by Gasteiger charge is 2.35. The molecule has 1 rings (SSSR count). The van der Waals surface area contributed by atoms with Crippen LogP contribution in [0.4, 0.5) is 22.0 Å². The number of aromatic nitrogens is 1. The zero-order chi connectivity index (χ0) is 16.9. The molecule has 1 aromatic rings. The molecule has 124 valence electrons. The second-order valence-corrected chi connectivity index (χ2v) is 4.50. The Morgan fingerprint density at radius 1 is 1.41 bits per heavy atom. The topological polar surface area (TPSA) is 48.4 Å². The van der Waals surface area contributed by atoms with Crippen LogP contribution in [0, 0.1) is 0 Å². The van der Waals surface area contributed by atoms with Crippen molar-refractivity contribution in [2.45, 2.75) is 31.5 Å². The Hall–Kier alpha value is -1.45. The number of pyridine rings is 1. The van der Waals surface area contributed by atoms with Crippen molar-refractivity contribution in [1.82, 2.24) is 4.98 Å². The number of carbonyl (C=O) groups is 1. The minimum atomic E-state index is -5.10. The lowest BCUT2D eigenvalue weighted by molar-refractivity contribution is -0.275. The third-order valence-electron chi connectivity index (χ3n) is 2.43. The Labute approximate surface area is 130 Å². The third-order valence-corrected chi connectivity index (χ3v) is 3.03. The van der Waals surface area contributed by atoms with Gasteiger partial charge in [0.05, 0.1) is 13.0 Å². The SMILES string of the molecule is CCOC(=O)Cc1c(C(F)F)ncc(CBr)c1OC(F)(F)F. The molecule has 0 unspecified atom stereocenters. The Bertz CT molecular complexity index is 536. The summed E-state index contributed by atoms with van der Waals surface area (Å²) in [4.78, 5) is 14.9. The molecular formula is C12H11BrF5NO3. The molecule has 0 amide bonds.